The number of para-hydroxylation sites is 1. The Kier molecular flexibility index (Phi) is 6.24. The Morgan fingerprint density at radius 1 is 1.17 bits per heavy atom. The van der Waals surface area contributed by atoms with Gasteiger partial charge in [0.25, 0.3) is 5.91 Å². The van der Waals surface area contributed by atoms with Gasteiger partial charge in [0.2, 0.25) is 11.7 Å². The van der Waals surface area contributed by atoms with Crippen molar-refractivity contribution in [3.05, 3.63) is 66.1 Å². The molecular weight excluding hydrogens is 462 g/mol. The fraction of sp³-hybridized carbons (Fsp3) is 0.296. The van der Waals surface area contributed by atoms with Crippen LogP contribution in [-0.4, -0.2) is 61.2 Å². The Balaban J connectivity index is 1.47. The third kappa shape index (κ3) is 3.91. The van der Waals surface area contributed by atoms with Gasteiger partial charge in [0.15, 0.2) is 11.3 Å². The van der Waals surface area contributed by atoms with Crippen molar-refractivity contribution in [1.82, 2.24) is 15.2 Å². The second-order valence-corrected chi connectivity index (χ2v) is 8.77. The Bertz CT molecular complexity index is 1450. The summed E-state index contributed by atoms with van der Waals surface area (Å²) in [7, 11) is 3.12. The number of furan rings is 1. The number of nitrogens with one attached hydrogen (secondary N) is 1. The molecule has 1 aliphatic rings. The van der Waals surface area contributed by atoms with E-state index >= 15 is 0 Å². The summed E-state index contributed by atoms with van der Waals surface area (Å²) in [5.41, 5.74) is 0.696. The zero-order valence-corrected chi connectivity index (χ0v) is 20.4. The molecule has 0 fully saturated rings. The molecule has 9 nitrogen and oxygen atoms in total. The summed E-state index contributed by atoms with van der Waals surface area (Å²) in [5.74, 6) is 0.217. The monoisotopic (exact) mass is 489 g/mol. The second kappa shape index (κ2) is 9.50. The lowest BCUT2D eigenvalue weighted by Gasteiger charge is -2.37. The number of ether oxygens (including phenoxy) is 3. The van der Waals surface area contributed by atoms with Crippen LogP contribution in [0.4, 0.5) is 0 Å². The molecule has 1 N–H and O–H groups in total. The highest BCUT2D eigenvalue weighted by atomic mass is 16.5. The number of pyridine rings is 1. The lowest BCUT2D eigenvalue weighted by atomic mass is 9.98. The number of carbonyl (C=O) groups excluding carboxylic acids is 2. The van der Waals surface area contributed by atoms with Crippen LogP contribution in [0.3, 0.4) is 0 Å². The summed E-state index contributed by atoms with van der Waals surface area (Å²) in [6.45, 7) is 2.20. The topological polar surface area (TPSA) is 103 Å². The number of amides is 2. The molecule has 4 aromatic rings. The molecule has 1 aliphatic heterocycles. The van der Waals surface area contributed by atoms with Crippen molar-refractivity contribution >= 4 is 33.7 Å². The minimum Gasteiger partial charge on any atom is -0.496 e. The molecule has 0 saturated heterocycles. The minimum absolute atomic E-state index is 0.0598. The van der Waals surface area contributed by atoms with E-state index in [1.165, 1.54) is 4.90 Å². The van der Waals surface area contributed by atoms with Crippen LogP contribution in [0.25, 0.3) is 21.9 Å². The molecule has 0 saturated carbocycles. The summed E-state index contributed by atoms with van der Waals surface area (Å²) < 4.78 is 22.7. The molecule has 3 heterocycles. The van der Waals surface area contributed by atoms with Crippen molar-refractivity contribution in [2.24, 2.45) is 0 Å². The third-order valence-corrected chi connectivity index (χ3v) is 6.57. The maximum atomic E-state index is 13.7. The predicted molar refractivity (Wildman–Crippen MR) is 133 cm³/mol. The average Bonchev–Trinajstić information content (AvgIpc) is 3.24. The summed E-state index contributed by atoms with van der Waals surface area (Å²) in [4.78, 5) is 33.3. The van der Waals surface area contributed by atoms with Gasteiger partial charge in [-0.1, -0.05) is 18.2 Å². The smallest absolute Gasteiger partial charge is 0.294 e. The molecule has 9 heteroatoms. The zero-order chi connectivity index (χ0) is 25.3. The van der Waals surface area contributed by atoms with E-state index in [1.807, 2.05) is 42.5 Å². The van der Waals surface area contributed by atoms with E-state index in [-0.39, 0.29) is 38.0 Å². The largest absolute Gasteiger partial charge is 0.496 e. The fourth-order valence-corrected chi connectivity index (χ4v) is 4.57. The molecule has 2 aromatic heterocycles. The standard InChI is InChI=1S/C27H27N3O6/c1-27(26(32)29-15-19-20(34-3)11-10-17-7-6-12-28-22(17)19)16-35-23-18-8-4-5-9-21(18)36-24(23)25(31)30(27)13-14-33-2/h4-12H,13-16H2,1-3H3,(H,29,32). The molecule has 0 bridgehead atoms. The zero-order valence-electron chi connectivity index (χ0n) is 20.4. The van der Waals surface area contributed by atoms with Crippen LogP contribution in [0.5, 0.6) is 11.5 Å². The highest BCUT2D eigenvalue weighted by Crippen LogP contribution is 2.38. The lowest BCUT2D eigenvalue weighted by Crippen LogP contribution is -2.61. The maximum absolute atomic E-state index is 13.7. The molecule has 36 heavy (non-hydrogen) atoms. The first kappa shape index (κ1) is 23.6. The Morgan fingerprint density at radius 3 is 2.81 bits per heavy atom. The molecule has 2 aromatic carbocycles. The maximum Gasteiger partial charge on any atom is 0.294 e. The number of fused-ring (bicyclic) bond motifs is 4. The van der Waals surface area contributed by atoms with Gasteiger partial charge in [0.1, 0.15) is 17.9 Å². The van der Waals surface area contributed by atoms with E-state index in [0.29, 0.717) is 22.5 Å². The van der Waals surface area contributed by atoms with Crippen LogP contribution in [0.2, 0.25) is 0 Å². The number of methoxy groups -OCH3 is 2. The number of nitrogens with zero attached hydrogens (tertiary/aromatic N) is 2. The molecule has 1 atom stereocenters. The summed E-state index contributed by atoms with van der Waals surface area (Å²) >= 11 is 0. The number of hydrogen-bond donors (Lipinski definition) is 1. The van der Waals surface area contributed by atoms with Crippen molar-refractivity contribution in [3.63, 3.8) is 0 Å². The van der Waals surface area contributed by atoms with E-state index in [4.69, 9.17) is 18.6 Å². The van der Waals surface area contributed by atoms with Crippen molar-refractivity contribution in [1.29, 1.82) is 0 Å². The normalized spacial score (nSPS) is 17.5. The van der Waals surface area contributed by atoms with E-state index in [9.17, 15) is 9.59 Å². The van der Waals surface area contributed by atoms with Crippen molar-refractivity contribution in [2.75, 3.05) is 34.0 Å². The first-order valence-corrected chi connectivity index (χ1v) is 11.6. The second-order valence-electron chi connectivity index (χ2n) is 8.77. The van der Waals surface area contributed by atoms with Gasteiger partial charge in [-0.2, -0.15) is 0 Å². The van der Waals surface area contributed by atoms with Gasteiger partial charge in [0.05, 0.1) is 24.6 Å². The molecule has 2 amide bonds. The lowest BCUT2D eigenvalue weighted by molar-refractivity contribution is -0.133. The number of hydrogen-bond acceptors (Lipinski definition) is 7. The predicted octanol–water partition coefficient (Wildman–Crippen LogP) is 3.55. The van der Waals surface area contributed by atoms with Gasteiger partial charge >= 0.3 is 0 Å². The summed E-state index contributed by atoms with van der Waals surface area (Å²) in [6, 6.07) is 14.8. The molecule has 0 aliphatic carbocycles. The summed E-state index contributed by atoms with van der Waals surface area (Å²) in [5, 5.41) is 4.60. The molecule has 0 radical (unpaired) electrons. The fourth-order valence-electron chi connectivity index (χ4n) is 4.57. The van der Waals surface area contributed by atoms with Crippen molar-refractivity contribution < 1.29 is 28.2 Å². The SMILES string of the molecule is COCCN1C(=O)c2oc3ccccc3c2OCC1(C)C(=O)NCc1c(OC)ccc2cccnc12. The van der Waals surface area contributed by atoms with Crippen LogP contribution in [-0.2, 0) is 16.1 Å². The van der Waals surface area contributed by atoms with Crippen LogP contribution in [0.15, 0.2) is 59.1 Å². The van der Waals surface area contributed by atoms with Gasteiger partial charge < -0.3 is 28.8 Å². The minimum atomic E-state index is -1.33. The quantitative estimate of drug-likeness (QED) is 0.424. The molecular formula is C27H27N3O6. The number of aromatic nitrogens is 1. The van der Waals surface area contributed by atoms with E-state index in [1.54, 1.807) is 33.4 Å². The van der Waals surface area contributed by atoms with Gasteiger partial charge in [-0.25, -0.2) is 0 Å². The first-order chi connectivity index (χ1) is 17.5. The molecule has 1 unspecified atom stereocenters. The van der Waals surface area contributed by atoms with Gasteiger partial charge in [0, 0.05) is 37.3 Å². The highest BCUT2D eigenvalue weighted by molar-refractivity contribution is 6.04. The number of rotatable bonds is 7. The Morgan fingerprint density at radius 2 is 2.00 bits per heavy atom. The Hall–Kier alpha value is -4.11. The van der Waals surface area contributed by atoms with Gasteiger partial charge in [-0.05, 0) is 37.3 Å². The van der Waals surface area contributed by atoms with Crippen LogP contribution < -0.4 is 14.8 Å². The van der Waals surface area contributed by atoms with Crippen LogP contribution in [0, 0.1) is 0 Å². The van der Waals surface area contributed by atoms with E-state index in [0.717, 1.165) is 16.5 Å². The van der Waals surface area contributed by atoms with Crippen LogP contribution in [0.1, 0.15) is 23.0 Å². The molecule has 186 valence electrons. The first-order valence-electron chi connectivity index (χ1n) is 11.6. The van der Waals surface area contributed by atoms with E-state index < -0.39 is 11.4 Å². The molecule has 0 spiro atoms. The third-order valence-electron chi connectivity index (χ3n) is 6.57. The van der Waals surface area contributed by atoms with Gasteiger partial charge in [-0.15, -0.1) is 0 Å². The summed E-state index contributed by atoms with van der Waals surface area (Å²) in [6.07, 6.45) is 1.70. The number of carbonyl (C=O) groups is 2. The van der Waals surface area contributed by atoms with Crippen LogP contribution >= 0.6 is 0 Å². The van der Waals surface area contributed by atoms with E-state index in [2.05, 4.69) is 10.3 Å². The average molecular weight is 490 g/mol. The number of benzene rings is 2. The molecule has 5 rings (SSSR count). The van der Waals surface area contributed by atoms with Gasteiger partial charge in [-0.3, -0.25) is 14.6 Å². The Labute approximate surface area is 207 Å². The highest BCUT2D eigenvalue weighted by Gasteiger charge is 2.47. The van der Waals surface area contributed by atoms with Crippen molar-refractivity contribution in [2.45, 2.75) is 19.0 Å². The van der Waals surface area contributed by atoms with Crippen molar-refractivity contribution in [3.8, 4) is 11.5 Å².